The van der Waals surface area contributed by atoms with Crippen LogP contribution in [0.4, 0.5) is 4.39 Å². The summed E-state index contributed by atoms with van der Waals surface area (Å²) in [6, 6.07) is 20.8. The van der Waals surface area contributed by atoms with Gasteiger partial charge in [-0.05, 0) is 54.6 Å². The number of hydrogen-bond donors (Lipinski definition) is 0. The van der Waals surface area contributed by atoms with Crippen LogP contribution in [0.2, 0.25) is 0 Å². The first kappa shape index (κ1) is 17.7. The molecule has 0 aliphatic rings. The second-order valence-corrected chi connectivity index (χ2v) is 6.18. The Morgan fingerprint density at radius 3 is 2.39 bits per heavy atom. The molecule has 5 heteroatoms. The van der Waals surface area contributed by atoms with Crippen molar-refractivity contribution < 1.29 is 9.13 Å². The van der Waals surface area contributed by atoms with E-state index in [0.29, 0.717) is 33.7 Å². The SMILES string of the molecule is COc1ccc(-n2c(/C=C/c3ccccc3F)nc3ccccc3c2=O)cc1. The molecule has 1 aromatic heterocycles. The van der Waals surface area contributed by atoms with Gasteiger partial charge in [0, 0.05) is 5.56 Å². The third-order valence-corrected chi connectivity index (χ3v) is 4.45. The Balaban J connectivity index is 1.93. The molecule has 0 saturated carbocycles. The molecule has 0 unspecified atom stereocenters. The van der Waals surface area contributed by atoms with E-state index in [1.165, 1.54) is 10.6 Å². The number of ether oxygens (including phenoxy) is 1. The van der Waals surface area contributed by atoms with E-state index in [4.69, 9.17) is 4.74 Å². The van der Waals surface area contributed by atoms with E-state index in [2.05, 4.69) is 4.98 Å². The van der Waals surface area contributed by atoms with Crippen LogP contribution >= 0.6 is 0 Å². The van der Waals surface area contributed by atoms with Crippen molar-refractivity contribution in [3.05, 3.63) is 100 Å². The molecule has 0 atom stereocenters. The minimum Gasteiger partial charge on any atom is -0.497 e. The Bertz CT molecular complexity index is 1230. The molecule has 0 N–H and O–H groups in total. The van der Waals surface area contributed by atoms with Gasteiger partial charge in [-0.3, -0.25) is 9.36 Å². The van der Waals surface area contributed by atoms with Crippen molar-refractivity contribution in [2.45, 2.75) is 0 Å². The first-order valence-corrected chi connectivity index (χ1v) is 8.76. The van der Waals surface area contributed by atoms with Crippen molar-refractivity contribution in [2.24, 2.45) is 0 Å². The summed E-state index contributed by atoms with van der Waals surface area (Å²) >= 11 is 0. The monoisotopic (exact) mass is 372 g/mol. The number of methoxy groups -OCH3 is 1. The van der Waals surface area contributed by atoms with Crippen molar-refractivity contribution in [1.82, 2.24) is 9.55 Å². The highest BCUT2D eigenvalue weighted by atomic mass is 19.1. The van der Waals surface area contributed by atoms with Crippen LogP contribution in [0.25, 0.3) is 28.7 Å². The first-order chi connectivity index (χ1) is 13.7. The summed E-state index contributed by atoms with van der Waals surface area (Å²) < 4.78 is 20.7. The molecular weight excluding hydrogens is 355 g/mol. The summed E-state index contributed by atoms with van der Waals surface area (Å²) in [5, 5.41) is 0.515. The summed E-state index contributed by atoms with van der Waals surface area (Å²) in [7, 11) is 1.58. The molecule has 0 fully saturated rings. The number of rotatable bonds is 4. The summed E-state index contributed by atoms with van der Waals surface area (Å²) in [5.74, 6) is 0.768. The molecule has 0 aliphatic carbocycles. The van der Waals surface area contributed by atoms with Gasteiger partial charge in [0.2, 0.25) is 0 Å². The lowest BCUT2D eigenvalue weighted by atomic mass is 10.2. The van der Waals surface area contributed by atoms with Gasteiger partial charge in [-0.1, -0.05) is 30.3 Å². The number of halogens is 1. The van der Waals surface area contributed by atoms with Gasteiger partial charge in [0.25, 0.3) is 5.56 Å². The van der Waals surface area contributed by atoms with Crippen LogP contribution < -0.4 is 10.3 Å². The second-order valence-electron chi connectivity index (χ2n) is 6.18. The van der Waals surface area contributed by atoms with Crippen molar-refractivity contribution >= 4 is 23.1 Å². The van der Waals surface area contributed by atoms with Gasteiger partial charge in [-0.15, -0.1) is 0 Å². The molecular formula is C23H17FN2O2. The van der Waals surface area contributed by atoms with Gasteiger partial charge < -0.3 is 4.74 Å². The minimum absolute atomic E-state index is 0.191. The van der Waals surface area contributed by atoms with Gasteiger partial charge in [0.15, 0.2) is 0 Å². The van der Waals surface area contributed by atoms with Crippen molar-refractivity contribution in [1.29, 1.82) is 0 Å². The van der Waals surface area contributed by atoms with Crippen LogP contribution in [0.3, 0.4) is 0 Å². The van der Waals surface area contributed by atoms with Crippen LogP contribution in [0.15, 0.2) is 77.6 Å². The molecule has 0 amide bonds. The quantitative estimate of drug-likeness (QED) is 0.521. The van der Waals surface area contributed by atoms with Gasteiger partial charge in [-0.2, -0.15) is 0 Å². The number of aromatic nitrogens is 2. The van der Waals surface area contributed by atoms with Crippen LogP contribution in [-0.2, 0) is 0 Å². The molecule has 0 saturated heterocycles. The van der Waals surface area contributed by atoms with Crippen molar-refractivity contribution in [2.75, 3.05) is 7.11 Å². The fraction of sp³-hybridized carbons (Fsp3) is 0.0435. The van der Waals surface area contributed by atoms with Crippen molar-refractivity contribution in [3.63, 3.8) is 0 Å². The smallest absolute Gasteiger partial charge is 0.266 e. The lowest BCUT2D eigenvalue weighted by Crippen LogP contribution is -2.22. The first-order valence-electron chi connectivity index (χ1n) is 8.76. The average molecular weight is 372 g/mol. The predicted molar refractivity (Wildman–Crippen MR) is 109 cm³/mol. The molecule has 0 aliphatic heterocycles. The minimum atomic E-state index is -0.335. The van der Waals surface area contributed by atoms with Crippen LogP contribution in [-0.4, -0.2) is 16.7 Å². The zero-order valence-corrected chi connectivity index (χ0v) is 15.2. The number of hydrogen-bond acceptors (Lipinski definition) is 3. The largest absolute Gasteiger partial charge is 0.497 e. The van der Waals surface area contributed by atoms with Gasteiger partial charge in [0.1, 0.15) is 17.4 Å². The summed E-state index contributed by atoms with van der Waals surface area (Å²) in [6.45, 7) is 0. The molecule has 4 rings (SSSR count). The zero-order valence-electron chi connectivity index (χ0n) is 15.2. The van der Waals surface area contributed by atoms with E-state index in [9.17, 15) is 9.18 Å². The third kappa shape index (κ3) is 3.30. The maximum absolute atomic E-state index is 14.0. The maximum Gasteiger partial charge on any atom is 0.266 e. The van der Waals surface area contributed by atoms with Crippen LogP contribution in [0, 0.1) is 5.82 Å². The maximum atomic E-state index is 14.0. The van der Waals surface area contributed by atoms with E-state index >= 15 is 0 Å². The fourth-order valence-electron chi connectivity index (χ4n) is 3.02. The van der Waals surface area contributed by atoms with E-state index < -0.39 is 0 Å². The second kappa shape index (κ2) is 7.48. The molecule has 4 aromatic rings. The normalized spacial score (nSPS) is 11.2. The predicted octanol–water partition coefficient (Wildman–Crippen LogP) is 4.70. The molecule has 138 valence electrons. The Labute approximate surface area is 161 Å². The Hall–Kier alpha value is -3.73. The lowest BCUT2D eigenvalue weighted by molar-refractivity contribution is 0.414. The van der Waals surface area contributed by atoms with E-state index in [-0.39, 0.29) is 11.4 Å². The Morgan fingerprint density at radius 1 is 0.929 bits per heavy atom. The highest BCUT2D eigenvalue weighted by molar-refractivity contribution is 5.80. The van der Waals surface area contributed by atoms with E-state index in [1.807, 2.05) is 6.07 Å². The zero-order chi connectivity index (χ0) is 19.5. The average Bonchev–Trinajstić information content (AvgIpc) is 2.73. The molecule has 0 bridgehead atoms. The standard InChI is InChI=1S/C23H17FN2O2/c1-28-18-13-11-17(12-14-18)26-22(15-10-16-6-2-4-8-20(16)24)25-21-9-5-3-7-19(21)23(26)27/h2-15H,1H3/b15-10+. The molecule has 4 nitrogen and oxygen atoms in total. The fourth-order valence-corrected chi connectivity index (χ4v) is 3.02. The molecule has 1 heterocycles. The lowest BCUT2D eigenvalue weighted by Gasteiger charge is -2.12. The molecule has 0 spiro atoms. The molecule has 3 aromatic carbocycles. The molecule has 28 heavy (non-hydrogen) atoms. The number of fused-ring (bicyclic) bond motifs is 1. The van der Waals surface area contributed by atoms with Crippen LogP contribution in [0.5, 0.6) is 5.75 Å². The number of nitrogens with zero attached hydrogens (tertiary/aromatic N) is 2. The highest BCUT2D eigenvalue weighted by Gasteiger charge is 2.11. The van der Waals surface area contributed by atoms with E-state index in [0.717, 1.165) is 0 Å². The Kier molecular flexibility index (Phi) is 4.72. The van der Waals surface area contributed by atoms with Gasteiger partial charge >= 0.3 is 0 Å². The van der Waals surface area contributed by atoms with E-state index in [1.54, 1.807) is 79.9 Å². The number of para-hydroxylation sites is 1. The highest BCUT2D eigenvalue weighted by Crippen LogP contribution is 2.18. The van der Waals surface area contributed by atoms with Crippen LogP contribution in [0.1, 0.15) is 11.4 Å². The van der Waals surface area contributed by atoms with Gasteiger partial charge in [0.05, 0.1) is 23.7 Å². The summed E-state index contributed by atoms with van der Waals surface area (Å²) in [5.41, 5.74) is 1.47. The summed E-state index contributed by atoms with van der Waals surface area (Å²) in [4.78, 5) is 17.8. The molecule has 0 radical (unpaired) electrons. The Morgan fingerprint density at radius 2 is 1.64 bits per heavy atom. The van der Waals surface area contributed by atoms with Crippen molar-refractivity contribution in [3.8, 4) is 11.4 Å². The number of benzene rings is 3. The van der Waals surface area contributed by atoms with Gasteiger partial charge in [-0.25, -0.2) is 9.37 Å². The topological polar surface area (TPSA) is 44.1 Å². The third-order valence-electron chi connectivity index (χ3n) is 4.45. The summed E-state index contributed by atoms with van der Waals surface area (Å²) in [6.07, 6.45) is 3.27.